The monoisotopic (exact) mass is 433 g/mol. The molecule has 3 rings (SSSR count). The number of nitrogens with one attached hydrogen (secondary N) is 1. The molecule has 0 saturated heterocycles. The molecule has 5 heteroatoms. The van der Waals surface area contributed by atoms with E-state index in [2.05, 4.69) is 50.2 Å². The first-order chi connectivity index (χ1) is 14.1. The Labute approximate surface area is 182 Å². The van der Waals surface area contributed by atoms with Crippen molar-refractivity contribution in [2.45, 2.75) is 69.2 Å². The molecule has 1 aliphatic carbocycles. The summed E-state index contributed by atoms with van der Waals surface area (Å²) in [6.45, 7) is 14.5. The third-order valence-electron chi connectivity index (χ3n) is 5.87. The summed E-state index contributed by atoms with van der Waals surface area (Å²) in [6, 6.07) is 6.33. The van der Waals surface area contributed by atoms with Crippen LogP contribution in [-0.4, -0.2) is 11.6 Å². The molecule has 2 aliphatic rings. The van der Waals surface area contributed by atoms with Crippen LogP contribution in [0.5, 0.6) is 0 Å². The third-order valence-corrected chi connectivity index (χ3v) is 7.02. The van der Waals surface area contributed by atoms with Gasteiger partial charge in [-0.05, 0) is 61.3 Å². The maximum absolute atomic E-state index is 12.4. The fraction of sp³-hybridized carbons (Fsp3) is 0.440. The van der Waals surface area contributed by atoms with Crippen LogP contribution in [0.15, 0.2) is 60.4 Å². The van der Waals surface area contributed by atoms with Crippen molar-refractivity contribution in [1.82, 2.24) is 5.32 Å². The van der Waals surface area contributed by atoms with E-state index in [1.165, 1.54) is 33.4 Å². The highest BCUT2D eigenvalue weighted by atomic mass is 32.2. The van der Waals surface area contributed by atoms with Gasteiger partial charge in [0.15, 0.2) is 0 Å². The molecule has 1 nitrogen and oxygen atoms in total. The number of alkyl halides is 3. The van der Waals surface area contributed by atoms with E-state index in [0.717, 1.165) is 43.4 Å². The molecule has 0 fully saturated rings. The maximum Gasteiger partial charge on any atom is 0.389 e. The molecule has 0 bridgehead atoms. The van der Waals surface area contributed by atoms with E-state index in [1.54, 1.807) is 11.8 Å². The number of thioether (sulfide) groups is 1. The minimum absolute atomic E-state index is 0.0547. The van der Waals surface area contributed by atoms with Gasteiger partial charge in [0.25, 0.3) is 0 Å². The highest BCUT2D eigenvalue weighted by Crippen LogP contribution is 2.38. The molecule has 0 spiro atoms. The van der Waals surface area contributed by atoms with Gasteiger partial charge in [0, 0.05) is 24.3 Å². The molecule has 1 atom stereocenters. The van der Waals surface area contributed by atoms with Crippen LogP contribution in [0.25, 0.3) is 5.57 Å². The van der Waals surface area contributed by atoms with E-state index in [9.17, 15) is 13.2 Å². The summed E-state index contributed by atoms with van der Waals surface area (Å²) >= 11 is 1.73. The molecule has 0 radical (unpaired) electrons. The summed E-state index contributed by atoms with van der Waals surface area (Å²) < 4.78 is 37.3. The van der Waals surface area contributed by atoms with Crippen molar-refractivity contribution in [3.05, 3.63) is 77.0 Å². The Bertz CT molecular complexity index is 879. The van der Waals surface area contributed by atoms with Gasteiger partial charge in [0.05, 0.1) is 5.37 Å². The molecule has 1 unspecified atom stereocenters. The van der Waals surface area contributed by atoms with Crippen molar-refractivity contribution >= 4 is 17.3 Å². The highest BCUT2D eigenvalue weighted by Gasteiger charge is 2.28. The van der Waals surface area contributed by atoms with E-state index in [1.807, 2.05) is 0 Å². The van der Waals surface area contributed by atoms with Gasteiger partial charge in [-0.2, -0.15) is 13.2 Å². The topological polar surface area (TPSA) is 12.0 Å². The van der Waals surface area contributed by atoms with E-state index in [4.69, 9.17) is 0 Å². The highest BCUT2D eigenvalue weighted by molar-refractivity contribution is 7.99. The first-order valence-corrected chi connectivity index (χ1v) is 11.4. The lowest BCUT2D eigenvalue weighted by Gasteiger charge is -2.29. The van der Waals surface area contributed by atoms with E-state index in [0.29, 0.717) is 5.70 Å². The predicted molar refractivity (Wildman–Crippen MR) is 122 cm³/mol. The maximum atomic E-state index is 12.4. The fourth-order valence-corrected chi connectivity index (χ4v) is 5.46. The number of hydrogen-bond acceptors (Lipinski definition) is 2. The van der Waals surface area contributed by atoms with Gasteiger partial charge in [-0.1, -0.05) is 54.7 Å². The first kappa shape index (κ1) is 22.8. The lowest BCUT2D eigenvalue weighted by atomic mass is 9.91. The van der Waals surface area contributed by atoms with Gasteiger partial charge >= 0.3 is 6.18 Å². The molecule has 1 aromatic rings. The summed E-state index contributed by atoms with van der Waals surface area (Å²) in [5, 5.41) is 3.24. The van der Waals surface area contributed by atoms with Crippen molar-refractivity contribution in [2.75, 3.05) is 0 Å². The Morgan fingerprint density at radius 1 is 1.20 bits per heavy atom. The quantitative estimate of drug-likeness (QED) is 0.421. The van der Waals surface area contributed by atoms with Crippen molar-refractivity contribution < 1.29 is 13.2 Å². The Balaban J connectivity index is 1.59. The summed E-state index contributed by atoms with van der Waals surface area (Å²) in [6.07, 6.45) is -0.259. The number of hydrogen-bond donors (Lipinski definition) is 1. The predicted octanol–water partition coefficient (Wildman–Crippen LogP) is 7.71. The second-order valence-electron chi connectivity index (χ2n) is 8.40. The standard InChI is InChI=1S/C25H30F3NS/c1-16-12-18(3)20(13-16)9-8-17(2)22-7-5-6-21-14-24(30-15-23(21)22)29-19(4)10-11-25(26,27)28/h5-7,24,29H,1-2,4,8-15H2,3H3. The molecular formula is C25H30F3NS. The Hall–Kier alpha value is -1.88. The average molecular weight is 434 g/mol. The lowest BCUT2D eigenvalue weighted by molar-refractivity contribution is -0.134. The van der Waals surface area contributed by atoms with Gasteiger partial charge in [-0.3, -0.25) is 0 Å². The van der Waals surface area contributed by atoms with E-state index < -0.39 is 12.6 Å². The van der Waals surface area contributed by atoms with Gasteiger partial charge in [-0.15, -0.1) is 11.8 Å². The zero-order chi connectivity index (χ0) is 21.9. The van der Waals surface area contributed by atoms with Crippen LogP contribution in [-0.2, 0) is 12.2 Å². The number of rotatable bonds is 8. The van der Waals surface area contributed by atoms with Crippen LogP contribution < -0.4 is 5.32 Å². The van der Waals surface area contributed by atoms with Crippen LogP contribution >= 0.6 is 11.8 Å². The molecule has 0 saturated carbocycles. The second kappa shape index (κ2) is 9.51. The van der Waals surface area contributed by atoms with E-state index in [-0.39, 0.29) is 11.8 Å². The van der Waals surface area contributed by atoms with Crippen molar-refractivity contribution in [3.63, 3.8) is 0 Å². The third kappa shape index (κ3) is 6.07. The van der Waals surface area contributed by atoms with Crippen LogP contribution in [0.1, 0.15) is 62.1 Å². The van der Waals surface area contributed by atoms with Crippen LogP contribution in [0, 0.1) is 0 Å². The van der Waals surface area contributed by atoms with Gasteiger partial charge in [0.2, 0.25) is 0 Å². The average Bonchev–Trinajstić information content (AvgIpc) is 3.00. The number of fused-ring (bicyclic) bond motifs is 1. The van der Waals surface area contributed by atoms with Crippen molar-refractivity contribution in [1.29, 1.82) is 0 Å². The van der Waals surface area contributed by atoms with Crippen molar-refractivity contribution in [2.24, 2.45) is 0 Å². The number of halogens is 3. The second-order valence-corrected chi connectivity index (χ2v) is 9.59. The summed E-state index contributed by atoms with van der Waals surface area (Å²) in [7, 11) is 0. The van der Waals surface area contributed by atoms with Crippen LogP contribution in [0.4, 0.5) is 13.2 Å². The Kier molecular flexibility index (Phi) is 7.22. The zero-order valence-corrected chi connectivity index (χ0v) is 18.4. The lowest BCUT2D eigenvalue weighted by Crippen LogP contribution is -2.30. The normalized spacial score (nSPS) is 19.1. The van der Waals surface area contributed by atoms with Crippen LogP contribution in [0.2, 0.25) is 0 Å². The molecule has 162 valence electrons. The van der Waals surface area contributed by atoms with E-state index >= 15 is 0 Å². The number of benzene rings is 1. The number of allylic oxidation sites excluding steroid dienone is 5. The Morgan fingerprint density at radius 2 is 1.97 bits per heavy atom. The summed E-state index contributed by atoms with van der Waals surface area (Å²) in [5.41, 5.74) is 9.66. The molecule has 30 heavy (non-hydrogen) atoms. The molecule has 0 amide bonds. The summed E-state index contributed by atoms with van der Waals surface area (Å²) in [4.78, 5) is 0. The molecule has 1 aliphatic heterocycles. The minimum Gasteiger partial charge on any atom is -0.377 e. The molecule has 1 aromatic carbocycles. The molecule has 1 N–H and O–H groups in total. The first-order valence-electron chi connectivity index (χ1n) is 10.4. The van der Waals surface area contributed by atoms with Crippen molar-refractivity contribution in [3.8, 4) is 0 Å². The molecular weight excluding hydrogens is 403 g/mol. The fourth-order valence-electron chi connectivity index (χ4n) is 4.21. The SMILES string of the molecule is C=C1CC(C)=C(CCC(=C)c2cccc3c2CSC(NC(=C)CCC(F)(F)F)C3)C1. The smallest absolute Gasteiger partial charge is 0.377 e. The van der Waals surface area contributed by atoms with Gasteiger partial charge < -0.3 is 5.32 Å². The Morgan fingerprint density at radius 3 is 2.63 bits per heavy atom. The molecule has 0 aromatic heterocycles. The van der Waals surface area contributed by atoms with Crippen LogP contribution in [0.3, 0.4) is 0 Å². The summed E-state index contributed by atoms with van der Waals surface area (Å²) in [5.74, 6) is 0.827. The van der Waals surface area contributed by atoms with Gasteiger partial charge in [-0.25, -0.2) is 0 Å². The largest absolute Gasteiger partial charge is 0.389 e. The molecule has 1 heterocycles. The minimum atomic E-state index is -4.15. The zero-order valence-electron chi connectivity index (χ0n) is 17.6. The van der Waals surface area contributed by atoms with Gasteiger partial charge in [0.1, 0.15) is 0 Å².